The quantitative estimate of drug-likeness (QED) is 0.713. The lowest BCUT2D eigenvalue weighted by Crippen LogP contribution is -2.28. The van der Waals surface area contributed by atoms with Crippen molar-refractivity contribution in [3.63, 3.8) is 0 Å². The first-order chi connectivity index (χ1) is 11.6. The summed E-state index contributed by atoms with van der Waals surface area (Å²) in [6.07, 6.45) is 0.930. The lowest BCUT2D eigenvalue weighted by Gasteiger charge is -2.09. The molecule has 24 heavy (non-hydrogen) atoms. The first-order valence-electron chi connectivity index (χ1n) is 7.56. The highest BCUT2D eigenvalue weighted by Crippen LogP contribution is 2.22. The SMILES string of the molecule is COc1cccc(OCCNC(=O)CCc2ccc(Cl)cc2Cl)c1. The molecule has 2 aromatic rings. The van der Waals surface area contributed by atoms with Crippen molar-refractivity contribution in [1.82, 2.24) is 5.32 Å². The van der Waals surface area contributed by atoms with Gasteiger partial charge in [-0.3, -0.25) is 4.79 Å². The monoisotopic (exact) mass is 367 g/mol. The largest absolute Gasteiger partial charge is 0.497 e. The zero-order chi connectivity index (χ0) is 17.4. The molecule has 2 rings (SSSR count). The summed E-state index contributed by atoms with van der Waals surface area (Å²) < 4.78 is 10.7. The van der Waals surface area contributed by atoms with Gasteiger partial charge in [0.05, 0.1) is 13.7 Å². The van der Waals surface area contributed by atoms with E-state index in [0.29, 0.717) is 41.8 Å². The van der Waals surface area contributed by atoms with Crippen LogP contribution in [0.5, 0.6) is 11.5 Å². The van der Waals surface area contributed by atoms with Crippen LogP contribution in [0.15, 0.2) is 42.5 Å². The molecule has 0 bridgehead atoms. The summed E-state index contributed by atoms with van der Waals surface area (Å²) in [4.78, 5) is 11.9. The van der Waals surface area contributed by atoms with E-state index in [-0.39, 0.29) is 5.91 Å². The van der Waals surface area contributed by atoms with Crippen LogP contribution in [0, 0.1) is 0 Å². The number of hydrogen-bond donors (Lipinski definition) is 1. The Hall–Kier alpha value is -1.91. The number of nitrogens with one attached hydrogen (secondary N) is 1. The lowest BCUT2D eigenvalue weighted by molar-refractivity contribution is -0.121. The maximum Gasteiger partial charge on any atom is 0.220 e. The zero-order valence-electron chi connectivity index (χ0n) is 13.4. The summed E-state index contributed by atoms with van der Waals surface area (Å²) in [5, 5.41) is 3.98. The Balaban J connectivity index is 1.67. The summed E-state index contributed by atoms with van der Waals surface area (Å²) in [7, 11) is 1.60. The molecule has 128 valence electrons. The molecule has 1 N–H and O–H groups in total. The topological polar surface area (TPSA) is 47.6 Å². The van der Waals surface area contributed by atoms with Gasteiger partial charge in [-0.15, -0.1) is 0 Å². The van der Waals surface area contributed by atoms with E-state index in [1.54, 1.807) is 25.3 Å². The number of ether oxygens (including phenoxy) is 2. The molecule has 4 nitrogen and oxygen atoms in total. The number of carbonyl (C=O) groups is 1. The molecule has 6 heteroatoms. The van der Waals surface area contributed by atoms with Gasteiger partial charge in [0, 0.05) is 22.5 Å². The Morgan fingerprint density at radius 1 is 1.12 bits per heavy atom. The molecular weight excluding hydrogens is 349 g/mol. The summed E-state index contributed by atoms with van der Waals surface area (Å²) in [5.41, 5.74) is 0.906. The van der Waals surface area contributed by atoms with E-state index in [9.17, 15) is 4.79 Å². The van der Waals surface area contributed by atoms with E-state index >= 15 is 0 Å². The van der Waals surface area contributed by atoms with Gasteiger partial charge in [0.2, 0.25) is 5.91 Å². The molecule has 0 unspecified atom stereocenters. The van der Waals surface area contributed by atoms with E-state index in [0.717, 1.165) is 11.3 Å². The third kappa shape index (κ3) is 5.95. The Morgan fingerprint density at radius 2 is 1.92 bits per heavy atom. The average molecular weight is 368 g/mol. The zero-order valence-corrected chi connectivity index (χ0v) is 14.9. The fourth-order valence-electron chi connectivity index (χ4n) is 2.11. The Kier molecular flexibility index (Phi) is 7.22. The Bertz CT molecular complexity index is 692. The van der Waals surface area contributed by atoms with Crippen molar-refractivity contribution in [2.24, 2.45) is 0 Å². The minimum absolute atomic E-state index is 0.0461. The molecule has 0 saturated heterocycles. The number of amides is 1. The summed E-state index contributed by atoms with van der Waals surface area (Å²) in [5.74, 6) is 1.39. The maximum atomic E-state index is 11.9. The van der Waals surface area contributed by atoms with Crippen LogP contribution in [0.25, 0.3) is 0 Å². The fraction of sp³-hybridized carbons (Fsp3) is 0.278. The van der Waals surface area contributed by atoms with Crippen LogP contribution >= 0.6 is 23.2 Å². The second-order valence-corrected chi connectivity index (χ2v) is 5.96. The number of rotatable bonds is 8. The number of carbonyl (C=O) groups excluding carboxylic acids is 1. The van der Waals surface area contributed by atoms with Gasteiger partial charge in [0.15, 0.2) is 0 Å². The van der Waals surface area contributed by atoms with Crippen molar-refractivity contribution >= 4 is 29.1 Å². The minimum Gasteiger partial charge on any atom is -0.497 e. The number of hydrogen-bond acceptors (Lipinski definition) is 3. The highest BCUT2D eigenvalue weighted by atomic mass is 35.5. The molecule has 0 spiro atoms. The van der Waals surface area contributed by atoms with Gasteiger partial charge >= 0.3 is 0 Å². The average Bonchev–Trinajstić information content (AvgIpc) is 2.58. The molecule has 2 aromatic carbocycles. The molecule has 0 aliphatic rings. The second kappa shape index (κ2) is 9.40. The number of halogens is 2. The molecular formula is C18H19Cl2NO3. The van der Waals surface area contributed by atoms with Gasteiger partial charge in [-0.05, 0) is 36.2 Å². The molecule has 0 aliphatic heterocycles. The Labute approximate surface area is 151 Å². The van der Waals surface area contributed by atoms with Crippen LogP contribution in [0.3, 0.4) is 0 Å². The smallest absolute Gasteiger partial charge is 0.220 e. The van der Waals surface area contributed by atoms with E-state index in [1.165, 1.54) is 0 Å². The van der Waals surface area contributed by atoms with Gasteiger partial charge in [-0.2, -0.15) is 0 Å². The van der Waals surface area contributed by atoms with Crippen molar-refractivity contribution in [3.8, 4) is 11.5 Å². The van der Waals surface area contributed by atoms with Crippen LogP contribution in [0.1, 0.15) is 12.0 Å². The normalized spacial score (nSPS) is 10.3. The van der Waals surface area contributed by atoms with Crippen LogP contribution in [-0.2, 0) is 11.2 Å². The van der Waals surface area contributed by atoms with E-state index < -0.39 is 0 Å². The first kappa shape index (κ1) is 18.4. The number of aryl methyl sites for hydroxylation is 1. The molecule has 0 aromatic heterocycles. The van der Waals surface area contributed by atoms with Gasteiger partial charge in [0.1, 0.15) is 18.1 Å². The molecule has 0 heterocycles. The van der Waals surface area contributed by atoms with Crippen molar-refractivity contribution in [2.45, 2.75) is 12.8 Å². The second-order valence-electron chi connectivity index (χ2n) is 5.11. The van der Waals surface area contributed by atoms with Crippen LogP contribution in [0.4, 0.5) is 0 Å². The van der Waals surface area contributed by atoms with Crippen LogP contribution < -0.4 is 14.8 Å². The van der Waals surface area contributed by atoms with Crippen molar-refractivity contribution < 1.29 is 14.3 Å². The van der Waals surface area contributed by atoms with Crippen molar-refractivity contribution in [3.05, 3.63) is 58.1 Å². The van der Waals surface area contributed by atoms with Gasteiger partial charge in [0.25, 0.3) is 0 Å². The van der Waals surface area contributed by atoms with Crippen LogP contribution in [0.2, 0.25) is 10.0 Å². The van der Waals surface area contributed by atoms with Crippen LogP contribution in [-0.4, -0.2) is 26.2 Å². The van der Waals surface area contributed by atoms with Gasteiger partial charge < -0.3 is 14.8 Å². The summed E-state index contributed by atoms with van der Waals surface area (Å²) in [6, 6.07) is 12.6. The number of benzene rings is 2. The molecule has 0 fully saturated rings. The van der Waals surface area contributed by atoms with Gasteiger partial charge in [-0.25, -0.2) is 0 Å². The molecule has 0 atom stereocenters. The van der Waals surface area contributed by atoms with Crippen molar-refractivity contribution in [2.75, 3.05) is 20.3 Å². The summed E-state index contributed by atoms with van der Waals surface area (Å²) >= 11 is 11.9. The van der Waals surface area contributed by atoms with Gasteiger partial charge in [-0.1, -0.05) is 35.3 Å². The predicted molar refractivity (Wildman–Crippen MR) is 96.3 cm³/mol. The molecule has 1 amide bonds. The fourth-order valence-corrected chi connectivity index (χ4v) is 2.61. The molecule has 0 radical (unpaired) electrons. The molecule has 0 saturated carbocycles. The third-order valence-electron chi connectivity index (χ3n) is 3.37. The highest BCUT2D eigenvalue weighted by molar-refractivity contribution is 6.35. The summed E-state index contributed by atoms with van der Waals surface area (Å²) in [6.45, 7) is 0.824. The molecule has 0 aliphatic carbocycles. The highest BCUT2D eigenvalue weighted by Gasteiger charge is 2.06. The third-order valence-corrected chi connectivity index (χ3v) is 3.96. The minimum atomic E-state index is -0.0461. The number of methoxy groups -OCH3 is 1. The van der Waals surface area contributed by atoms with Crippen molar-refractivity contribution in [1.29, 1.82) is 0 Å². The van der Waals surface area contributed by atoms with E-state index in [1.807, 2.05) is 24.3 Å². The lowest BCUT2D eigenvalue weighted by atomic mass is 10.1. The first-order valence-corrected chi connectivity index (χ1v) is 8.31. The maximum absolute atomic E-state index is 11.9. The standard InChI is InChI=1S/C18H19Cl2NO3/c1-23-15-3-2-4-16(12-15)24-10-9-21-18(22)8-6-13-5-7-14(19)11-17(13)20/h2-5,7,11-12H,6,8-10H2,1H3,(H,21,22). The predicted octanol–water partition coefficient (Wildman–Crippen LogP) is 4.13. The van der Waals surface area contributed by atoms with E-state index in [2.05, 4.69) is 5.32 Å². The van der Waals surface area contributed by atoms with E-state index in [4.69, 9.17) is 32.7 Å². The Morgan fingerprint density at radius 3 is 2.67 bits per heavy atom.